The van der Waals surface area contributed by atoms with E-state index in [9.17, 15) is 0 Å². The van der Waals surface area contributed by atoms with E-state index in [4.69, 9.17) is 4.74 Å². The number of hydrogen-bond acceptors (Lipinski definition) is 2. The Balaban J connectivity index is 2.09. The maximum Gasteiger partial charge on any atom is 0.0710 e. The minimum atomic E-state index is 0.491. The molecule has 1 saturated heterocycles. The van der Waals surface area contributed by atoms with E-state index in [-0.39, 0.29) is 0 Å². The molecule has 1 heterocycles. The molecule has 3 heteroatoms. The first-order chi connectivity index (χ1) is 5.36. The fourth-order valence-electron chi connectivity index (χ4n) is 1.48. The molecule has 0 amide bonds. The van der Waals surface area contributed by atoms with E-state index < -0.39 is 0 Å². The van der Waals surface area contributed by atoms with Gasteiger partial charge in [0.1, 0.15) is 0 Å². The molecule has 66 valence electrons. The van der Waals surface area contributed by atoms with E-state index in [0.717, 1.165) is 11.9 Å². The third-order valence-corrected chi connectivity index (χ3v) is 2.73. The lowest BCUT2D eigenvalue weighted by atomic mass is 10.3. The third-order valence-electron chi connectivity index (χ3n) is 2.17. The average Bonchev–Trinajstić information content (AvgIpc) is 2.48. The van der Waals surface area contributed by atoms with Crippen LogP contribution in [0, 0.1) is 0 Å². The number of alkyl halides is 1. The summed E-state index contributed by atoms with van der Waals surface area (Å²) in [6.07, 6.45) is 2.94. The predicted octanol–water partition coefficient (Wildman–Crippen LogP) is 1.49. The van der Waals surface area contributed by atoms with Gasteiger partial charge in [-0.05, 0) is 19.4 Å². The minimum absolute atomic E-state index is 0.491. The van der Waals surface area contributed by atoms with Crippen LogP contribution in [0.15, 0.2) is 0 Å². The normalized spacial score (nSPS) is 26.2. The topological polar surface area (TPSA) is 12.5 Å². The summed E-state index contributed by atoms with van der Waals surface area (Å²) in [5, 5.41) is 1.11. The second-order valence-electron chi connectivity index (χ2n) is 2.99. The Labute approximate surface area is 77.0 Å². The van der Waals surface area contributed by atoms with Crippen LogP contribution in [-0.4, -0.2) is 43.1 Å². The van der Waals surface area contributed by atoms with Gasteiger partial charge in [0.2, 0.25) is 0 Å². The van der Waals surface area contributed by atoms with Gasteiger partial charge in [-0.1, -0.05) is 15.9 Å². The van der Waals surface area contributed by atoms with Crippen LogP contribution in [-0.2, 0) is 4.74 Å². The maximum atomic E-state index is 5.27. The van der Waals surface area contributed by atoms with E-state index >= 15 is 0 Å². The Hall–Kier alpha value is 0.400. The van der Waals surface area contributed by atoms with Gasteiger partial charge in [0.25, 0.3) is 0 Å². The first kappa shape index (κ1) is 9.49. The molecule has 0 radical (unpaired) electrons. The van der Waals surface area contributed by atoms with Crippen LogP contribution in [0.5, 0.6) is 0 Å². The van der Waals surface area contributed by atoms with Gasteiger partial charge in [-0.2, -0.15) is 0 Å². The number of methoxy groups -OCH3 is 1. The first-order valence-electron chi connectivity index (χ1n) is 4.18. The zero-order chi connectivity index (χ0) is 8.10. The second-order valence-corrected chi connectivity index (χ2v) is 3.78. The van der Waals surface area contributed by atoms with E-state index in [0.29, 0.717) is 6.10 Å². The first-order valence-corrected chi connectivity index (χ1v) is 5.30. The van der Waals surface area contributed by atoms with Crippen molar-refractivity contribution in [3.05, 3.63) is 0 Å². The van der Waals surface area contributed by atoms with Crippen LogP contribution in [0.2, 0.25) is 0 Å². The largest absolute Gasteiger partial charge is 0.380 e. The summed E-state index contributed by atoms with van der Waals surface area (Å²) in [6.45, 7) is 3.56. The van der Waals surface area contributed by atoms with Crippen LogP contribution < -0.4 is 0 Å². The highest BCUT2D eigenvalue weighted by Crippen LogP contribution is 2.11. The van der Waals surface area contributed by atoms with Crippen LogP contribution in [0.1, 0.15) is 12.8 Å². The van der Waals surface area contributed by atoms with Crippen LogP contribution >= 0.6 is 15.9 Å². The van der Waals surface area contributed by atoms with E-state index in [2.05, 4.69) is 20.8 Å². The number of likely N-dealkylation sites (tertiary alicyclic amines) is 1. The van der Waals surface area contributed by atoms with Gasteiger partial charge >= 0.3 is 0 Å². The van der Waals surface area contributed by atoms with Gasteiger partial charge in [0.05, 0.1) is 6.10 Å². The van der Waals surface area contributed by atoms with Crippen LogP contribution in [0.3, 0.4) is 0 Å². The third kappa shape index (κ3) is 3.09. The van der Waals surface area contributed by atoms with Crippen molar-refractivity contribution in [2.24, 2.45) is 0 Å². The van der Waals surface area contributed by atoms with Crippen molar-refractivity contribution in [2.45, 2.75) is 18.9 Å². The fraction of sp³-hybridized carbons (Fsp3) is 1.00. The van der Waals surface area contributed by atoms with Gasteiger partial charge in [-0.25, -0.2) is 0 Å². The highest BCUT2D eigenvalue weighted by molar-refractivity contribution is 9.09. The minimum Gasteiger partial charge on any atom is -0.380 e. The maximum absolute atomic E-state index is 5.27. The van der Waals surface area contributed by atoms with Gasteiger partial charge < -0.3 is 9.64 Å². The molecule has 1 aliphatic rings. The molecule has 0 spiro atoms. The van der Waals surface area contributed by atoms with Crippen molar-refractivity contribution < 1.29 is 4.74 Å². The number of halogens is 1. The van der Waals surface area contributed by atoms with Crippen molar-refractivity contribution in [3.8, 4) is 0 Å². The van der Waals surface area contributed by atoms with E-state index in [1.165, 1.54) is 25.9 Å². The molecule has 1 atom stereocenters. The number of rotatable bonds is 4. The predicted molar refractivity (Wildman–Crippen MR) is 50.3 cm³/mol. The van der Waals surface area contributed by atoms with Gasteiger partial charge in [-0.15, -0.1) is 0 Å². The zero-order valence-electron chi connectivity index (χ0n) is 7.05. The van der Waals surface area contributed by atoms with Crippen molar-refractivity contribution >= 4 is 15.9 Å². The molecule has 0 bridgehead atoms. The van der Waals surface area contributed by atoms with Crippen molar-refractivity contribution in [1.29, 1.82) is 0 Å². The van der Waals surface area contributed by atoms with Crippen molar-refractivity contribution in [1.82, 2.24) is 4.90 Å². The summed E-state index contributed by atoms with van der Waals surface area (Å²) < 4.78 is 5.27. The summed E-state index contributed by atoms with van der Waals surface area (Å²) in [5.74, 6) is 0. The highest BCUT2D eigenvalue weighted by Gasteiger charge is 2.20. The van der Waals surface area contributed by atoms with Crippen LogP contribution in [0.25, 0.3) is 0 Å². The lowest BCUT2D eigenvalue weighted by Gasteiger charge is -2.13. The summed E-state index contributed by atoms with van der Waals surface area (Å²) >= 11 is 3.43. The lowest BCUT2D eigenvalue weighted by Crippen LogP contribution is -2.24. The molecule has 2 nitrogen and oxygen atoms in total. The number of nitrogens with zero attached hydrogens (tertiary/aromatic N) is 1. The molecule has 0 saturated carbocycles. The number of hydrogen-bond donors (Lipinski definition) is 0. The molecular weight excluding hydrogens is 206 g/mol. The number of ether oxygens (including phenoxy) is 1. The fourth-order valence-corrected chi connectivity index (χ4v) is 1.73. The second kappa shape index (κ2) is 5.12. The van der Waals surface area contributed by atoms with E-state index in [1.54, 1.807) is 7.11 Å². The smallest absolute Gasteiger partial charge is 0.0710 e. The Morgan fingerprint density at radius 2 is 2.45 bits per heavy atom. The molecule has 0 aliphatic carbocycles. The molecule has 0 aromatic rings. The van der Waals surface area contributed by atoms with Gasteiger partial charge in [0, 0.05) is 25.5 Å². The Kier molecular flexibility index (Phi) is 4.41. The molecule has 11 heavy (non-hydrogen) atoms. The molecule has 1 fully saturated rings. The summed E-state index contributed by atoms with van der Waals surface area (Å²) in [6, 6.07) is 0. The van der Waals surface area contributed by atoms with Gasteiger partial charge in [-0.3, -0.25) is 0 Å². The summed E-state index contributed by atoms with van der Waals surface area (Å²) in [5.41, 5.74) is 0. The van der Waals surface area contributed by atoms with Crippen molar-refractivity contribution in [2.75, 3.05) is 32.1 Å². The monoisotopic (exact) mass is 221 g/mol. The van der Waals surface area contributed by atoms with Crippen molar-refractivity contribution in [3.63, 3.8) is 0 Å². The van der Waals surface area contributed by atoms with Crippen LogP contribution in [0.4, 0.5) is 0 Å². The SMILES string of the molecule is COC1CCN(CCCBr)C1. The Morgan fingerprint density at radius 1 is 1.64 bits per heavy atom. The Bertz CT molecular complexity index is 110. The standard InChI is InChI=1S/C8H16BrNO/c1-11-8-3-6-10(7-8)5-2-4-9/h8H,2-7H2,1H3. The average molecular weight is 222 g/mol. The quantitative estimate of drug-likeness (QED) is 0.668. The summed E-state index contributed by atoms with van der Waals surface area (Å²) in [4.78, 5) is 2.47. The highest BCUT2D eigenvalue weighted by atomic mass is 79.9. The van der Waals surface area contributed by atoms with E-state index in [1.807, 2.05) is 0 Å². The molecule has 0 aromatic heterocycles. The summed E-state index contributed by atoms with van der Waals surface area (Å²) in [7, 11) is 1.80. The molecule has 1 aliphatic heterocycles. The molecule has 1 rings (SSSR count). The Morgan fingerprint density at radius 3 is 3.00 bits per heavy atom. The zero-order valence-corrected chi connectivity index (χ0v) is 8.64. The molecule has 0 N–H and O–H groups in total. The molecule has 1 unspecified atom stereocenters. The molecular formula is C8H16BrNO. The lowest BCUT2D eigenvalue weighted by molar-refractivity contribution is 0.108. The van der Waals surface area contributed by atoms with Gasteiger partial charge in [0.15, 0.2) is 0 Å². The molecule has 0 aromatic carbocycles.